The van der Waals surface area contributed by atoms with Gasteiger partial charge in [0.2, 0.25) is 0 Å². The molecule has 2 amide bonds. The van der Waals surface area contributed by atoms with Crippen LogP contribution in [-0.4, -0.2) is 63.0 Å². The van der Waals surface area contributed by atoms with Crippen LogP contribution in [0, 0.1) is 0 Å². The van der Waals surface area contributed by atoms with Crippen molar-refractivity contribution in [3.63, 3.8) is 0 Å². The number of amides is 2. The number of methoxy groups -OCH3 is 2. The van der Waals surface area contributed by atoms with Gasteiger partial charge >= 0.3 is 6.09 Å². The smallest absolute Gasteiger partial charge is 0.409 e. The first-order valence-electron chi connectivity index (χ1n) is 8.29. The number of benzene rings is 1. The van der Waals surface area contributed by atoms with Crippen LogP contribution in [0.5, 0.6) is 5.75 Å². The first-order chi connectivity index (χ1) is 12.4. The molecule has 2 rings (SSSR count). The third kappa shape index (κ3) is 4.50. The van der Waals surface area contributed by atoms with Gasteiger partial charge in [-0.2, -0.15) is 0 Å². The van der Waals surface area contributed by atoms with Crippen molar-refractivity contribution in [2.24, 2.45) is 0 Å². The number of nitrogens with two attached hydrogens (primary N) is 1. The second-order valence-electron chi connectivity index (χ2n) is 5.86. The molecule has 144 valence electrons. The van der Waals surface area contributed by atoms with Gasteiger partial charge in [-0.05, 0) is 19.4 Å². The minimum absolute atomic E-state index is 0.264. The molecule has 1 aliphatic heterocycles. The number of piperidine rings is 1. The lowest BCUT2D eigenvalue weighted by molar-refractivity contribution is 0.00453. The maximum absolute atomic E-state index is 12.7. The van der Waals surface area contributed by atoms with E-state index in [2.05, 4.69) is 5.32 Å². The fraction of sp³-hybridized carbons (Fsp3) is 0.529. The van der Waals surface area contributed by atoms with Gasteiger partial charge in [0.15, 0.2) is 0 Å². The van der Waals surface area contributed by atoms with Gasteiger partial charge in [0.1, 0.15) is 5.75 Å². The van der Waals surface area contributed by atoms with Crippen LogP contribution in [0.25, 0.3) is 0 Å². The zero-order valence-electron chi connectivity index (χ0n) is 15.1. The summed E-state index contributed by atoms with van der Waals surface area (Å²) in [5.74, 6) is -0.0125. The Labute approximate surface area is 157 Å². The lowest BCUT2D eigenvalue weighted by Gasteiger charge is -2.37. The summed E-state index contributed by atoms with van der Waals surface area (Å²) in [4.78, 5) is 26.1. The van der Waals surface area contributed by atoms with E-state index >= 15 is 0 Å². The summed E-state index contributed by atoms with van der Waals surface area (Å²) in [6.07, 6.45) is -0.201. The standard InChI is InChI=1S/C17H24ClN3O5/c1-4-26-17(23)21-6-5-13(15(9-21)25-3)20-16(22)10-7-12(19)11(18)8-14(10)24-2/h7-8,13,15H,4-6,9,19H2,1-3H3,(H,20,22)/t13-,15+/m0/s1. The lowest BCUT2D eigenvalue weighted by Crippen LogP contribution is -2.56. The number of carbonyl (C=O) groups is 2. The van der Waals surface area contributed by atoms with Crippen molar-refractivity contribution in [3.05, 3.63) is 22.7 Å². The number of likely N-dealkylation sites (tertiary alicyclic amines) is 1. The molecule has 0 unspecified atom stereocenters. The molecule has 1 heterocycles. The van der Waals surface area contributed by atoms with Crippen molar-refractivity contribution in [1.82, 2.24) is 10.2 Å². The maximum Gasteiger partial charge on any atom is 0.409 e. The topological polar surface area (TPSA) is 103 Å². The first kappa shape index (κ1) is 20.1. The van der Waals surface area contributed by atoms with Crippen LogP contribution in [0.1, 0.15) is 23.7 Å². The van der Waals surface area contributed by atoms with Gasteiger partial charge in [-0.3, -0.25) is 4.79 Å². The van der Waals surface area contributed by atoms with Gasteiger partial charge in [0, 0.05) is 19.7 Å². The maximum atomic E-state index is 12.7. The van der Waals surface area contributed by atoms with E-state index in [1.165, 1.54) is 19.2 Å². The molecule has 0 radical (unpaired) electrons. The van der Waals surface area contributed by atoms with E-state index in [1.807, 2.05) is 0 Å². The van der Waals surface area contributed by atoms with Gasteiger partial charge < -0.3 is 30.2 Å². The predicted octanol–water partition coefficient (Wildman–Crippen LogP) is 1.91. The fourth-order valence-corrected chi connectivity index (χ4v) is 3.02. The Morgan fingerprint density at radius 1 is 1.38 bits per heavy atom. The van der Waals surface area contributed by atoms with Gasteiger partial charge in [0.05, 0.1) is 48.7 Å². The minimum atomic E-state index is -0.383. The SMILES string of the molecule is CCOC(=O)N1CC[C@H](NC(=O)c2cc(N)c(Cl)cc2OC)[C@H](OC)C1. The van der Waals surface area contributed by atoms with E-state index in [9.17, 15) is 9.59 Å². The molecule has 0 aliphatic carbocycles. The first-order valence-corrected chi connectivity index (χ1v) is 8.67. The molecule has 2 atom stereocenters. The average Bonchev–Trinajstić information content (AvgIpc) is 2.63. The highest BCUT2D eigenvalue weighted by atomic mass is 35.5. The van der Waals surface area contributed by atoms with Gasteiger partial charge in [-0.15, -0.1) is 0 Å². The third-order valence-corrected chi connectivity index (χ3v) is 4.60. The van der Waals surface area contributed by atoms with Crippen molar-refractivity contribution >= 4 is 29.3 Å². The number of hydrogen-bond donors (Lipinski definition) is 2. The number of nitrogens with one attached hydrogen (secondary N) is 1. The molecule has 0 saturated carbocycles. The Bertz CT molecular complexity index is 670. The number of anilines is 1. The quantitative estimate of drug-likeness (QED) is 0.750. The normalized spacial score (nSPS) is 19.8. The highest BCUT2D eigenvalue weighted by Crippen LogP contribution is 2.29. The second-order valence-corrected chi connectivity index (χ2v) is 6.27. The number of hydrogen-bond acceptors (Lipinski definition) is 6. The zero-order valence-corrected chi connectivity index (χ0v) is 15.8. The molecule has 8 nitrogen and oxygen atoms in total. The number of halogens is 1. The number of carbonyl (C=O) groups excluding carboxylic acids is 2. The van der Waals surface area contributed by atoms with Crippen molar-refractivity contribution in [1.29, 1.82) is 0 Å². The summed E-state index contributed by atoms with van der Waals surface area (Å²) < 4.78 is 15.7. The van der Waals surface area contributed by atoms with Crippen LogP contribution in [0.4, 0.5) is 10.5 Å². The van der Waals surface area contributed by atoms with Crippen molar-refractivity contribution in [3.8, 4) is 5.75 Å². The monoisotopic (exact) mass is 385 g/mol. The van der Waals surface area contributed by atoms with Crippen molar-refractivity contribution in [2.45, 2.75) is 25.5 Å². The Kier molecular flexibility index (Phi) is 6.93. The summed E-state index contributed by atoms with van der Waals surface area (Å²) in [5.41, 5.74) is 6.38. The number of ether oxygens (including phenoxy) is 3. The van der Waals surface area contributed by atoms with E-state index in [-0.39, 0.29) is 35.4 Å². The molecule has 3 N–H and O–H groups in total. The van der Waals surface area contributed by atoms with Gasteiger partial charge in [0.25, 0.3) is 5.91 Å². The zero-order chi connectivity index (χ0) is 19.3. The summed E-state index contributed by atoms with van der Waals surface area (Å²) in [7, 11) is 2.99. The Hall–Kier alpha value is -2.19. The minimum Gasteiger partial charge on any atom is -0.496 e. The summed E-state index contributed by atoms with van der Waals surface area (Å²) in [5, 5.41) is 3.24. The molecule has 0 bridgehead atoms. The molecule has 1 aromatic carbocycles. The molecule has 1 aliphatic rings. The molecule has 9 heteroatoms. The summed E-state index contributed by atoms with van der Waals surface area (Å²) in [6, 6.07) is 2.72. The third-order valence-electron chi connectivity index (χ3n) is 4.27. The lowest BCUT2D eigenvalue weighted by atomic mass is 10.0. The van der Waals surface area contributed by atoms with Crippen LogP contribution in [0.3, 0.4) is 0 Å². The molecule has 26 heavy (non-hydrogen) atoms. The highest BCUT2D eigenvalue weighted by molar-refractivity contribution is 6.33. The molecule has 0 spiro atoms. The van der Waals surface area contributed by atoms with Crippen LogP contribution >= 0.6 is 11.6 Å². The van der Waals surface area contributed by atoms with Crippen LogP contribution in [-0.2, 0) is 9.47 Å². The molecule has 1 saturated heterocycles. The molecular weight excluding hydrogens is 362 g/mol. The van der Waals surface area contributed by atoms with E-state index in [0.29, 0.717) is 36.9 Å². The number of nitrogen functional groups attached to an aromatic ring is 1. The van der Waals surface area contributed by atoms with Gasteiger partial charge in [-0.1, -0.05) is 11.6 Å². The van der Waals surface area contributed by atoms with E-state index in [4.69, 9.17) is 31.5 Å². The Morgan fingerprint density at radius 3 is 2.73 bits per heavy atom. The van der Waals surface area contributed by atoms with Crippen molar-refractivity contribution in [2.75, 3.05) is 39.6 Å². The number of nitrogens with zero attached hydrogens (tertiary/aromatic N) is 1. The molecular formula is C17H24ClN3O5. The molecule has 1 fully saturated rings. The largest absolute Gasteiger partial charge is 0.496 e. The van der Waals surface area contributed by atoms with E-state index in [1.54, 1.807) is 18.9 Å². The van der Waals surface area contributed by atoms with E-state index in [0.717, 1.165) is 0 Å². The summed E-state index contributed by atoms with van der Waals surface area (Å²) in [6.45, 7) is 2.86. The number of rotatable bonds is 5. The van der Waals surface area contributed by atoms with Crippen molar-refractivity contribution < 1.29 is 23.8 Å². The fourth-order valence-electron chi connectivity index (χ4n) is 2.87. The van der Waals surface area contributed by atoms with E-state index < -0.39 is 0 Å². The van der Waals surface area contributed by atoms with Crippen LogP contribution < -0.4 is 15.8 Å². The Balaban J connectivity index is 2.09. The second kappa shape index (κ2) is 8.95. The average molecular weight is 386 g/mol. The highest BCUT2D eigenvalue weighted by Gasteiger charge is 2.33. The molecule has 1 aromatic rings. The van der Waals surface area contributed by atoms with Crippen LogP contribution in [0.2, 0.25) is 5.02 Å². The Morgan fingerprint density at radius 2 is 2.12 bits per heavy atom. The molecule has 0 aromatic heterocycles. The summed E-state index contributed by atoms with van der Waals surface area (Å²) >= 11 is 5.97. The van der Waals surface area contributed by atoms with Crippen LogP contribution in [0.15, 0.2) is 12.1 Å². The predicted molar refractivity (Wildman–Crippen MR) is 97.7 cm³/mol. The van der Waals surface area contributed by atoms with Gasteiger partial charge in [-0.25, -0.2) is 4.79 Å².